The maximum Gasteiger partial charge on any atom is 0.408 e. The van der Waals surface area contributed by atoms with Crippen LogP contribution in [0.4, 0.5) is 10.5 Å². The minimum absolute atomic E-state index is 0.0625. The maximum atomic E-state index is 13.1. The largest absolute Gasteiger partial charge is 0.445 e. The average molecular weight is 500 g/mol. The third-order valence-electron chi connectivity index (χ3n) is 5.84. The van der Waals surface area contributed by atoms with Gasteiger partial charge in [0.15, 0.2) is 0 Å². The van der Waals surface area contributed by atoms with Crippen LogP contribution in [-0.4, -0.2) is 43.0 Å². The van der Waals surface area contributed by atoms with Gasteiger partial charge in [0.2, 0.25) is 0 Å². The molecule has 3 aromatic carbocycles. The Hall–Kier alpha value is -4.79. The lowest BCUT2D eigenvalue weighted by Gasteiger charge is -2.19. The molecule has 0 aliphatic rings. The number of aromatic amines is 1. The van der Waals surface area contributed by atoms with Crippen molar-refractivity contribution in [3.63, 3.8) is 0 Å². The number of aromatic nitrogens is 1. The summed E-state index contributed by atoms with van der Waals surface area (Å²) in [6, 6.07) is 22.9. The number of para-hydroxylation sites is 1. The number of nitrogens with one attached hydrogen (secondary N) is 4. The van der Waals surface area contributed by atoms with Crippen molar-refractivity contribution in [2.45, 2.75) is 19.1 Å². The van der Waals surface area contributed by atoms with Gasteiger partial charge in [-0.05, 0) is 35.4 Å². The first-order valence-electron chi connectivity index (χ1n) is 11.8. The number of carbonyl (C=O) groups excluding carboxylic acids is 3. The van der Waals surface area contributed by atoms with Gasteiger partial charge in [-0.1, -0.05) is 54.6 Å². The molecule has 37 heavy (non-hydrogen) atoms. The smallest absolute Gasteiger partial charge is 0.408 e. The molecule has 9 heteroatoms. The van der Waals surface area contributed by atoms with Crippen molar-refractivity contribution in [3.8, 4) is 0 Å². The number of fused-ring (bicyclic) bond motifs is 1. The number of rotatable bonds is 8. The van der Waals surface area contributed by atoms with Gasteiger partial charge in [-0.2, -0.15) is 0 Å². The maximum absolute atomic E-state index is 13.1. The summed E-state index contributed by atoms with van der Waals surface area (Å²) in [6.45, 7) is 0.0625. The van der Waals surface area contributed by atoms with Crippen molar-refractivity contribution in [3.05, 3.63) is 102 Å². The van der Waals surface area contributed by atoms with Gasteiger partial charge in [-0.15, -0.1) is 0 Å². The molecular formula is C28H29N5O4. The van der Waals surface area contributed by atoms with Gasteiger partial charge in [-0.3, -0.25) is 20.4 Å². The minimum atomic E-state index is -1.00. The molecule has 1 aromatic heterocycles. The molecule has 4 N–H and O–H groups in total. The molecule has 0 saturated carbocycles. The number of hydrogen-bond donors (Lipinski definition) is 4. The van der Waals surface area contributed by atoms with Gasteiger partial charge < -0.3 is 19.9 Å². The molecule has 1 atom stereocenters. The van der Waals surface area contributed by atoms with Crippen LogP contribution in [0.25, 0.3) is 10.9 Å². The lowest BCUT2D eigenvalue weighted by Crippen LogP contribution is -2.53. The Balaban J connectivity index is 1.44. The second-order valence-corrected chi connectivity index (χ2v) is 8.71. The first-order valence-corrected chi connectivity index (χ1v) is 11.8. The van der Waals surface area contributed by atoms with E-state index in [-0.39, 0.29) is 13.0 Å². The molecule has 0 spiro atoms. The fourth-order valence-electron chi connectivity index (χ4n) is 3.84. The number of alkyl carbamates (subject to hydrolysis) is 1. The number of carbonyl (C=O) groups is 3. The summed E-state index contributed by atoms with van der Waals surface area (Å²) in [5, 5.41) is 3.57. The lowest BCUT2D eigenvalue weighted by atomic mass is 10.0. The fraction of sp³-hybridized carbons (Fsp3) is 0.179. The second kappa shape index (κ2) is 11.8. The molecule has 0 radical (unpaired) electrons. The van der Waals surface area contributed by atoms with E-state index in [1.807, 2.05) is 79.7 Å². The van der Waals surface area contributed by atoms with Crippen LogP contribution >= 0.6 is 0 Å². The summed E-state index contributed by atoms with van der Waals surface area (Å²) in [6.07, 6.45) is 1.24. The third kappa shape index (κ3) is 6.66. The van der Waals surface area contributed by atoms with Crippen LogP contribution in [0.3, 0.4) is 0 Å². The highest BCUT2D eigenvalue weighted by Crippen LogP contribution is 2.19. The predicted octanol–water partition coefficient (Wildman–Crippen LogP) is 3.53. The number of ether oxygens (including phenoxy) is 1. The number of hydrazine groups is 1. The lowest BCUT2D eigenvalue weighted by molar-refractivity contribution is -0.123. The van der Waals surface area contributed by atoms with E-state index in [1.54, 1.807) is 24.4 Å². The predicted molar refractivity (Wildman–Crippen MR) is 142 cm³/mol. The molecule has 0 fully saturated rings. The topological polar surface area (TPSA) is 116 Å². The normalized spacial score (nSPS) is 11.4. The van der Waals surface area contributed by atoms with E-state index in [1.165, 1.54) is 0 Å². The summed E-state index contributed by atoms with van der Waals surface area (Å²) in [4.78, 5) is 43.4. The van der Waals surface area contributed by atoms with Gasteiger partial charge in [-0.25, -0.2) is 4.79 Å². The molecule has 0 bridgehead atoms. The van der Waals surface area contributed by atoms with Crippen LogP contribution in [0.15, 0.2) is 85.1 Å². The molecule has 190 valence electrons. The van der Waals surface area contributed by atoms with E-state index in [4.69, 9.17) is 4.74 Å². The first-order chi connectivity index (χ1) is 17.9. The number of amides is 3. The Labute approximate surface area is 214 Å². The fourth-order valence-corrected chi connectivity index (χ4v) is 3.84. The van der Waals surface area contributed by atoms with Crippen LogP contribution in [0.1, 0.15) is 21.5 Å². The Morgan fingerprint density at radius 1 is 0.919 bits per heavy atom. The summed E-state index contributed by atoms with van der Waals surface area (Å²) >= 11 is 0. The molecule has 3 amide bonds. The number of benzene rings is 3. The van der Waals surface area contributed by atoms with E-state index < -0.39 is 23.9 Å². The zero-order chi connectivity index (χ0) is 26.2. The summed E-state index contributed by atoms with van der Waals surface area (Å²) in [7, 11) is 3.74. The SMILES string of the molecule is CN(C)c1cccc(C(=O)NNC(=O)[C@H](Cc2c[nH]c3ccccc23)NC(=O)OCc2ccccc2)c1. The highest BCUT2D eigenvalue weighted by atomic mass is 16.5. The van der Waals surface area contributed by atoms with Gasteiger partial charge in [0, 0.05) is 48.9 Å². The van der Waals surface area contributed by atoms with Crippen molar-refractivity contribution >= 4 is 34.5 Å². The molecule has 0 saturated heterocycles. The monoisotopic (exact) mass is 499 g/mol. The average Bonchev–Trinajstić information content (AvgIpc) is 3.33. The van der Waals surface area contributed by atoms with E-state index in [2.05, 4.69) is 21.2 Å². The standard InChI is InChI=1S/C28H29N5O4/c1-33(2)22-12-8-11-20(15-22)26(34)31-32-27(35)25(16-21-17-29-24-14-7-6-13-23(21)24)30-28(36)37-18-19-9-4-3-5-10-19/h3-15,17,25,29H,16,18H2,1-2H3,(H,30,36)(H,31,34)(H,32,35)/t25-/m0/s1. The highest BCUT2D eigenvalue weighted by molar-refractivity contribution is 5.97. The molecule has 0 aliphatic heterocycles. The van der Waals surface area contributed by atoms with Crippen molar-refractivity contribution in [2.75, 3.05) is 19.0 Å². The van der Waals surface area contributed by atoms with Crippen LogP contribution in [0.2, 0.25) is 0 Å². The molecular weight excluding hydrogens is 470 g/mol. The van der Waals surface area contributed by atoms with Crippen LogP contribution < -0.4 is 21.1 Å². The summed E-state index contributed by atoms with van der Waals surface area (Å²) in [5.41, 5.74) is 8.68. The minimum Gasteiger partial charge on any atom is -0.445 e. The Kier molecular flexibility index (Phi) is 8.05. The van der Waals surface area contributed by atoms with Crippen LogP contribution in [0.5, 0.6) is 0 Å². The van der Waals surface area contributed by atoms with Crippen molar-refractivity contribution in [1.82, 2.24) is 21.2 Å². The molecule has 9 nitrogen and oxygen atoms in total. The zero-order valence-electron chi connectivity index (χ0n) is 20.7. The van der Waals surface area contributed by atoms with Crippen molar-refractivity contribution < 1.29 is 19.1 Å². The number of H-pyrrole nitrogens is 1. The van der Waals surface area contributed by atoms with E-state index in [0.29, 0.717) is 5.56 Å². The first kappa shape index (κ1) is 25.3. The second-order valence-electron chi connectivity index (χ2n) is 8.71. The van der Waals surface area contributed by atoms with Gasteiger partial charge in [0.25, 0.3) is 11.8 Å². The molecule has 0 unspecified atom stereocenters. The number of anilines is 1. The van der Waals surface area contributed by atoms with Crippen molar-refractivity contribution in [1.29, 1.82) is 0 Å². The molecule has 4 rings (SSSR count). The number of nitrogens with zero attached hydrogens (tertiary/aromatic N) is 1. The van der Waals surface area contributed by atoms with E-state index in [0.717, 1.165) is 27.7 Å². The Morgan fingerprint density at radius 3 is 2.46 bits per heavy atom. The quantitative estimate of drug-likeness (QED) is 0.277. The van der Waals surface area contributed by atoms with E-state index >= 15 is 0 Å². The summed E-state index contributed by atoms with van der Waals surface area (Å²) < 4.78 is 5.32. The van der Waals surface area contributed by atoms with Crippen molar-refractivity contribution in [2.24, 2.45) is 0 Å². The Morgan fingerprint density at radius 2 is 1.68 bits per heavy atom. The Bertz CT molecular complexity index is 1380. The zero-order valence-corrected chi connectivity index (χ0v) is 20.7. The summed E-state index contributed by atoms with van der Waals surface area (Å²) in [5.74, 6) is -1.06. The number of hydrogen-bond acceptors (Lipinski definition) is 5. The van der Waals surface area contributed by atoms with Crippen LogP contribution in [-0.2, 0) is 22.6 Å². The van der Waals surface area contributed by atoms with Gasteiger partial charge in [0.1, 0.15) is 12.6 Å². The highest BCUT2D eigenvalue weighted by Gasteiger charge is 2.24. The van der Waals surface area contributed by atoms with Gasteiger partial charge >= 0.3 is 6.09 Å². The molecule has 0 aliphatic carbocycles. The van der Waals surface area contributed by atoms with Gasteiger partial charge in [0.05, 0.1) is 0 Å². The third-order valence-corrected chi connectivity index (χ3v) is 5.84. The molecule has 4 aromatic rings. The van der Waals surface area contributed by atoms with Crippen LogP contribution in [0, 0.1) is 0 Å². The van der Waals surface area contributed by atoms with E-state index in [9.17, 15) is 14.4 Å². The molecule has 1 heterocycles.